The Morgan fingerprint density at radius 3 is 2.44 bits per heavy atom. The fourth-order valence-electron chi connectivity index (χ4n) is 1.56. The lowest BCUT2D eigenvalue weighted by atomic mass is 10.1. The Morgan fingerprint density at radius 1 is 1.22 bits per heavy atom. The van der Waals surface area contributed by atoms with E-state index in [0.29, 0.717) is 5.82 Å². The van der Waals surface area contributed by atoms with Gasteiger partial charge in [0.05, 0.1) is 5.69 Å². The summed E-state index contributed by atoms with van der Waals surface area (Å²) in [6, 6.07) is 9.20. The second-order valence-electron chi connectivity index (χ2n) is 3.73. The standard InChI is InChI=1S/C12H14N4OS/c1-14-11-7-10(15-12(13)16-11)8-3-5-9(6-4-8)18(2)17/h3-7H,1-2H3,(H3,13,14,15,16). The molecule has 2 aromatic rings. The molecule has 2 rings (SSSR count). The van der Waals surface area contributed by atoms with Gasteiger partial charge in [0.25, 0.3) is 0 Å². The summed E-state index contributed by atoms with van der Waals surface area (Å²) in [5.74, 6) is 0.889. The molecule has 1 atom stereocenters. The van der Waals surface area contributed by atoms with Crippen LogP contribution >= 0.6 is 0 Å². The van der Waals surface area contributed by atoms with Crippen molar-refractivity contribution in [3.63, 3.8) is 0 Å². The highest BCUT2D eigenvalue weighted by Gasteiger charge is 2.05. The molecule has 0 aliphatic rings. The highest BCUT2D eigenvalue weighted by Crippen LogP contribution is 2.21. The minimum atomic E-state index is -0.974. The molecule has 0 saturated carbocycles. The van der Waals surface area contributed by atoms with Crippen LogP contribution in [-0.2, 0) is 10.8 Å². The maximum Gasteiger partial charge on any atom is 0.222 e. The van der Waals surface area contributed by atoms with Gasteiger partial charge in [-0.05, 0) is 12.1 Å². The first-order chi connectivity index (χ1) is 8.60. The fourth-order valence-corrected chi connectivity index (χ4v) is 2.08. The summed E-state index contributed by atoms with van der Waals surface area (Å²) in [6.45, 7) is 0. The molecule has 18 heavy (non-hydrogen) atoms. The van der Waals surface area contributed by atoms with Crippen LogP contribution < -0.4 is 11.1 Å². The van der Waals surface area contributed by atoms with E-state index >= 15 is 0 Å². The molecular formula is C12H14N4OS. The molecule has 0 bridgehead atoms. The number of nitrogens with two attached hydrogens (primary N) is 1. The zero-order valence-electron chi connectivity index (χ0n) is 10.2. The molecule has 1 aromatic heterocycles. The molecule has 0 aliphatic carbocycles. The van der Waals surface area contributed by atoms with Gasteiger partial charge in [-0.3, -0.25) is 4.21 Å². The van der Waals surface area contributed by atoms with E-state index in [9.17, 15) is 4.21 Å². The van der Waals surface area contributed by atoms with Gasteiger partial charge in [-0.2, -0.15) is 4.98 Å². The van der Waals surface area contributed by atoms with E-state index in [2.05, 4.69) is 15.3 Å². The summed E-state index contributed by atoms with van der Waals surface area (Å²) in [5, 5.41) is 2.93. The van der Waals surface area contributed by atoms with Gasteiger partial charge in [0.2, 0.25) is 5.95 Å². The van der Waals surface area contributed by atoms with Crippen molar-refractivity contribution in [3.8, 4) is 11.3 Å². The van der Waals surface area contributed by atoms with Gasteiger partial charge in [0.15, 0.2) is 0 Å². The zero-order valence-corrected chi connectivity index (χ0v) is 11.0. The molecule has 5 nitrogen and oxygen atoms in total. The molecule has 1 unspecified atom stereocenters. The van der Waals surface area contributed by atoms with Gasteiger partial charge in [0, 0.05) is 40.6 Å². The Kier molecular flexibility index (Phi) is 3.57. The molecule has 0 saturated heterocycles. The van der Waals surface area contributed by atoms with Crippen molar-refractivity contribution in [2.24, 2.45) is 0 Å². The Hall–Kier alpha value is -1.95. The number of hydrogen-bond donors (Lipinski definition) is 2. The van der Waals surface area contributed by atoms with Crippen LogP contribution in [0.1, 0.15) is 0 Å². The van der Waals surface area contributed by atoms with Gasteiger partial charge in [-0.1, -0.05) is 12.1 Å². The zero-order chi connectivity index (χ0) is 13.1. The number of nitrogen functional groups attached to an aromatic ring is 1. The molecule has 6 heteroatoms. The third-order valence-electron chi connectivity index (χ3n) is 2.48. The monoisotopic (exact) mass is 262 g/mol. The van der Waals surface area contributed by atoms with Gasteiger partial charge in [0.1, 0.15) is 5.82 Å². The normalized spacial score (nSPS) is 12.1. The van der Waals surface area contributed by atoms with Crippen LogP contribution in [0.3, 0.4) is 0 Å². The van der Waals surface area contributed by atoms with E-state index < -0.39 is 10.8 Å². The van der Waals surface area contributed by atoms with Crippen molar-refractivity contribution in [2.45, 2.75) is 4.90 Å². The van der Waals surface area contributed by atoms with E-state index in [1.54, 1.807) is 13.3 Å². The number of anilines is 2. The van der Waals surface area contributed by atoms with Crippen molar-refractivity contribution in [3.05, 3.63) is 30.3 Å². The van der Waals surface area contributed by atoms with Crippen molar-refractivity contribution in [1.29, 1.82) is 0 Å². The van der Waals surface area contributed by atoms with E-state index in [0.717, 1.165) is 16.2 Å². The number of benzene rings is 1. The molecule has 0 amide bonds. The Balaban J connectivity index is 2.42. The second kappa shape index (κ2) is 5.14. The number of rotatable bonds is 3. The number of nitrogens with zero attached hydrogens (tertiary/aromatic N) is 2. The first-order valence-electron chi connectivity index (χ1n) is 5.36. The molecule has 0 radical (unpaired) electrons. The average Bonchev–Trinajstić information content (AvgIpc) is 2.38. The Morgan fingerprint density at radius 2 is 1.89 bits per heavy atom. The van der Waals surface area contributed by atoms with Gasteiger partial charge >= 0.3 is 0 Å². The van der Waals surface area contributed by atoms with Gasteiger partial charge < -0.3 is 11.1 Å². The molecule has 0 aliphatic heterocycles. The third kappa shape index (κ3) is 2.65. The second-order valence-corrected chi connectivity index (χ2v) is 5.10. The van der Waals surface area contributed by atoms with Crippen LogP contribution in [0.25, 0.3) is 11.3 Å². The summed E-state index contributed by atoms with van der Waals surface area (Å²) in [4.78, 5) is 8.99. The molecule has 0 spiro atoms. The topological polar surface area (TPSA) is 80.9 Å². The van der Waals surface area contributed by atoms with E-state index in [-0.39, 0.29) is 5.95 Å². The summed E-state index contributed by atoms with van der Waals surface area (Å²) in [7, 11) is 0.799. The Bertz CT molecular complexity index is 583. The van der Waals surface area contributed by atoms with E-state index in [1.165, 1.54) is 0 Å². The summed E-state index contributed by atoms with van der Waals surface area (Å²) >= 11 is 0. The summed E-state index contributed by atoms with van der Waals surface area (Å²) in [5.41, 5.74) is 7.29. The molecular weight excluding hydrogens is 248 g/mol. The van der Waals surface area contributed by atoms with Crippen LogP contribution in [0.4, 0.5) is 11.8 Å². The molecule has 3 N–H and O–H groups in total. The maximum absolute atomic E-state index is 11.3. The van der Waals surface area contributed by atoms with Crippen LogP contribution in [0.5, 0.6) is 0 Å². The van der Waals surface area contributed by atoms with Crippen LogP contribution in [0.2, 0.25) is 0 Å². The van der Waals surface area contributed by atoms with Crippen LogP contribution in [0.15, 0.2) is 35.2 Å². The number of aromatic nitrogens is 2. The lowest BCUT2D eigenvalue weighted by Gasteiger charge is -2.06. The molecule has 0 fully saturated rings. The molecule has 1 heterocycles. The first-order valence-corrected chi connectivity index (χ1v) is 6.92. The number of nitrogens with one attached hydrogen (secondary N) is 1. The van der Waals surface area contributed by atoms with Crippen LogP contribution in [-0.4, -0.2) is 27.5 Å². The van der Waals surface area contributed by atoms with Crippen molar-refractivity contribution in [2.75, 3.05) is 24.4 Å². The quantitative estimate of drug-likeness (QED) is 0.876. The Labute approximate surface area is 108 Å². The first kappa shape index (κ1) is 12.5. The van der Waals surface area contributed by atoms with Gasteiger partial charge in [-0.15, -0.1) is 0 Å². The van der Waals surface area contributed by atoms with E-state index in [4.69, 9.17) is 5.73 Å². The maximum atomic E-state index is 11.3. The van der Waals surface area contributed by atoms with Gasteiger partial charge in [-0.25, -0.2) is 4.98 Å². The average molecular weight is 262 g/mol. The highest BCUT2D eigenvalue weighted by molar-refractivity contribution is 7.84. The van der Waals surface area contributed by atoms with E-state index in [1.807, 2.05) is 30.3 Å². The number of hydrogen-bond acceptors (Lipinski definition) is 5. The van der Waals surface area contributed by atoms with Crippen molar-refractivity contribution < 1.29 is 4.21 Å². The summed E-state index contributed by atoms with van der Waals surface area (Å²) < 4.78 is 11.3. The highest BCUT2D eigenvalue weighted by atomic mass is 32.2. The van der Waals surface area contributed by atoms with Crippen molar-refractivity contribution >= 4 is 22.6 Å². The lowest BCUT2D eigenvalue weighted by Crippen LogP contribution is -2.01. The SMILES string of the molecule is CNc1cc(-c2ccc(S(C)=O)cc2)nc(N)n1. The molecule has 94 valence electrons. The van der Waals surface area contributed by atoms with Crippen LogP contribution in [0, 0.1) is 0 Å². The molecule has 1 aromatic carbocycles. The summed E-state index contributed by atoms with van der Waals surface area (Å²) in [6.07, 6.45) is 1.65. The predicted octanol–water partition coefficient (Wildman–Crippen LogP) is 1.50. The third-order valence-corrected chi connectivity index (χ3v) is 3.42. The fraction of sp³-hybridized carbons (Fsp3) is 0.167. The smallest absolute Gasteiger partial charge is 0.222 e. The minimum absolute atomic E-state index is 0.222. The largest absolute Gasteiger partial charge is 0.373 e. The predicted molar refractivity (Wildman–Crippen MR) is 73.8 cm³/mol. The minimum Gasteiger partial charge on any atom is -0.373 e. The van der Waals surface area contributed by atoms with Crippen molar-refractivity contribution in [1.82, 2.24) is 9.97 Å². The lowest BCUT2D eigenvalue weighted by molar-refractivity contribution is 0.687.